The first kappa shape index (κ1) is 25.9. The molecule has 1 aliphatic rings. The van der Waals surface area contributed by atoms with Crippen LogP contribution in [0.2, 0.25) is 0 Å². The summed E-state index contributed by atoms with van der Waals surface area (Å²) in [6, 6.07) is 18.6. The number of carbonyl (C=O) groups excluding carboxylic acids is 1. The van der Waals surface area contributed by atoms with Gasteiger partial charge >= 0.3 is 0 Å². The molecule has 2 unspecified atom stereocenters. The number of rotatable bonds is 8. The summed E-state index contributed by atoms with van der Waals surface area (Å²) in [5, 5.41) is 9.72. The average Bonchev–Trinajstić information content (AvgIpc) is 3.14. The minimum Gasteiger partial charge on any atom is -0.497 e. The fraction of sp³-hybridized carbons (Fsp3) is 0.417. The van der Waals surface area contributed by atoms with Gasteiger partial charge in [0, 0.05) is 50.9 Å². The van der Waals surface area contributed by atoms with E-state index in [2.05, 4.69) is 63.1 Å². The third-order valence-electron chi connectivity index (χ3n) is 5.53. The highest BCUT2D eigenvalue weighted by Gasteiger charge is 2.29. The van der Waals surface area contributed by atoms with Gasteiger partial charge in [-0.3, -0.25) is 14.7 Å². The van der Waals surface area contributed by atoms with E-state index >= 15 is 0 Å². The van der Waals surface area contributed by atoms with Gasteiger partial charge in [-0.1, -0.05) is 36.4 Å². The van der Waals surface area contributed by atoms with E-state index in [1.807, 2.05) is 6.07 Å². The van der Waals surface area contributed by atoms with Crippen molar-refractivity contribution in [2.24, 2.45) is 4.99 Å². The van der Waals surface area contributed by atoms with E-state index in [-0.39, 0.29) is 29.9 Å². The number of hydrogen-bond acceptors (Lipinski definition) is 4. The van der Waals surface area contributed by atoms with Crippen LogP contribution >= 0.6 is 24.0 Å². The van der Waals surface area contributed by atoms with Gasteiger partial charge in [-0.05, 0) is 37.1 Å². The summed E-state index contributed by atoms with van der Waals surface area (Å²) >= 11 is 0. The van der Waals surface area contributed by atoms with Crippen LogP contribution < -0.4 is 20.7 Å². The van der Waals surface area contributed by atoms with Gasteiger partial charge in [-0.25, -0.2) is 0 Å². The number of ether oxygens (including phenoxy) is 1. The molecule has 7 nitrogen and oxygen atoms in total. The molecule has 8 heteroatoms. The molecular weight excluding hydrogens is 517 g/mol. The summed E-state index contributed by atoms with van der Waals surface area (Å²) < 4.78 is 5.17. The third-order valence-corrected chi connectivity index (χ3v) is 5.53. The van der Waals surface area contributed by atoms with Crippen molar-refractivity contribution >= 4 is 35.8 Å². The molecule has 1 aliphatic heterocycles. The Kier molecular flexibility index (Phi) is 10.8. The van der Waals surface area contributed by atoms with Crippen LogP contribution in [-0.4, -0.2) is 62.6 Å². The van der Waals surface area contributed by atoms with Crippen molar-refractivity contribution in [2.45, 2.75) is 32.0 Å². The highest BCUT2D eigenvalue weighted by Crippen LogP contribution is 2.20. The largest absolute Gasteiger partial charge is 0.497 e. The normalized spacial score (nSPS) is 18.5. The Morgan fingerprint density at radius 3 is 2.59 bits per heavy atom. The van der Waals surface area contributed by atoms with E-state index in [9.17, 15) is 4.79 Å². The van der Waals surface area contributed by atoms with Crippen molar-refractivity contribution in [2.75, 3.05) is 33.8 Å². The second kappa shape index (κ2) is 13.3. The molecule has 174 valence electrons. The molecular formula is C24H34IN5O2. The van der Waals surface area contributed by atoms with Gasteiger partial charge in [0.2, 0.25) is 0 Å². The van der Waals surface area contributed by atoms with Crippen molar-refractivity contribution in [1.82, 2.24) is 20.9 Å². The van der Waals surface area contributed by atoms with E-state index < -0.39 is 0 Å². The van der Waals surface area contributed by atoms with Gasteiger partial charge in [-0.15, -0.1) is 24.0 Å². The lowest BCUT2D eigenvalue weighted by Crippen LogP contribution is -2.46. The summed E-state index contributed by atoms with van der Waals surface area (Å²) in [5.41, 5.74) is 1.92. The molecule has 3 N–H and O–H groups in total. The molecule has 1 saturated heterocycles. The predicted octanol–water partition coefficient (Wildman–Crippen LogP) is 2.87. The predicted molar refractivity (Wildman–Crippen MR) is 140 cm³/mol. The average molecular weight is 551 g/mol. The maximum Gasteiger partial charge on any atom is 0.251 e. The maximum absolute atomic E-state index is 12.3. The number of nitrogens with one attached hydrogen (secondary N) is 3. The molecule has 2 aromatic carbocycles. The summed E-state index contributed by atoms with van der Waals surface area (Å²) in [6.07, 6.45) is 1.07. The van der Waals surface area contributed by atoms with E-state index in [4.69, 9.17) is 4.74 Å². The smallest absolute Gasteiger partial charge is 0.251 e. The van der Waals surface area contributed by atoms with Crippen LogP contribution in [0.1, 0.15) is 29.3 Å². The minimum atomic E-state index is -0.121. The Balaban J connectivity index is 0.00000363. The monoisotopic (exact) mass is 551 g/mol. The standard InChI is InChI=1S/C24H33N5O2.HI/c1-18-14-21(17-29(18)16-19-8-5-4-6-9-19)28-24(25-2)27-13-12-26-23(30)20-10-7-11-22(15-20)31-3;/h4-11,15,18,21H,12-14,16-17H2,1-3H3,(H,26,30)(H2,25,27,28);1H. The quantitative estimate of drug-likeness (QED) is 0.204. The Hall–Kier alpha value is -2.33. The number of methoxy groups -OCH3 is 1. The molecule has 0 aromatic heterocycles. The molecule has 1 amide bonds. The zero-order chi connectivity index (χ0) is 22.1. The summed E-state index contributed by atoms with van der Waals surface area (Å²) in [4.78, 5) is 19.1. The van der Waals surface area contributed by atoms with Gasteiger partial charge in [0.1, 0.15) is 5.75 Å². The Morgan fingerprint density at radius 1 is 1.12 bits per heavy atom. The fourth-order valence-electron chi connectivity index (χ4n) is 3.85. The van der Waals surface area contributed by atoms with E-state index in [1.54, 1.807) is 32.4 Å². The summed E-state index contributed by atoms with van der Waals surface area (Å²) in [5.74, 6) is 1.31. The zero-order valence-corrected chi connectivity index (χ0v) is 21.3. The number of guanidine groups is 1. The van der Waals surface area contributed by atoms with Crippen LogP contribution in [0.15, 0.2) is 59.6 Å². The van der Waals surface area contributed by atoms with Crippen LogP contribution in [0.25, 0.3) is 0 Å². The molecule has 0 bridgehead atoms. The van der Waals surface area contributed by atoms with Crippen LogP contribution in [0.5, 0.6) is 5.75 Å². The van der Waals surface area contributed by atoms with Crippen LogP contribution in [0.4, 0.5) is 0 Å². The first-order valence-corrected chi connectivity index (χ1v) is 10.8. The van der Waals surface area contributed by atoms with Crippen LogP contribution in [0.3, 0.4) is 0 Å². The number of carbonyl (C=O) groups is 1. The van der Waals surface area contributed by atoms with E-state index in [0.717, 1.165) is 25.5 Å². The SMILES string of the molecule is CN=C(NCCNC(=O)c1cccc(OC)c1)NC1CC(C)N(Cc2ccccc2)C1.I. The minimum absolute atomic E-state index is 0. The molecule has 1 heterocycles. The van der Waals surface area contributed by atoms with Gasteiger partial charge in [0.15, 0.2) is 5.96 Å². The molecule has 0 spiro atoms. The lowest BCUT2D eigenvalue weighted by molar-refractivity contribution is 0.0954. The second-order valence-electron chi connectivity index (χ2n) is 7.83. The highest BCUT2D eigenvalue weighted by molar-refractivity contribution is 14.0. The second-order valence-corrected chi connectivity index (χ2v) is 7.83. The molecule has 0 aliphatic carbocycles. The highest BCUT2D eigenvalue weighted by atomic mass is 127. The molecule has 0 radical (unpaired) electrons. The Labute approximate surface area is 208 Å². The van der Waals surface area contributed by atoms with Crippen LogP contribution in [0, 0.1) is 0 Å². The van der Waals surface area contributed by atoms with Crippen molar-refractivity contribution in [1.29, 1.82) is 0 Å². The van der Waals surface area contributed by atoms with E-state index in [1.165, 1.54) is 5.56 Å². The molecule has 2 aromatic rings. The van der Waals surface area contributed by atoms with Crippen molar-refractivity contribution in [3.63, 3.8) is 0 Å². The number of hydrogen-bond donors (Lipinski definition) is 3. The molecule has 1 fully saturated rings. The number of aliphatic imine (C=N–C) groups is 1. The van der Waals surface area contributed by atoms with E-state index in [0.29, 0.717) is 36.5 Å². The zero-order valence-electron chi connectivity index (χ0n) is 19.0. The lowest BCUT2D eigenvalue weighted by atomic mass is 10.2. The Bertz CT molecular complexity index is 878. The topological polar surface area (TPSA) is 78.0 Å². The molecule has 2 atom stereocenters. The van der Waals surface area contributed by atoms with Crippen molar-refractivity contribution in [3.05, 3.63) is 65.7 Å². The molecule has 32 heavy (non-hydrogen) atoms. The maximum atomic E-state index is 12.3. The van der Waals surface area contributed by atoms with Crippen molar-refractivity contribution in [3.8, 4) is 5.75 Å². The summed E-state index contributed by atoms with van der Waals surface area (Å²) in [6.45, 7) is 5.30. The number of halogens is 1. The Morgan fingerprint density at radius 2 is 1.88 bits per heavy atom. The van der Waals surface area contributed by atoms with Gasteiger partial charge < -0.3 is 20.7 Å². The first-order chi connectivity index (χ1) is 15.1. The number of likely N-dealkylation sites (tertiary alicyclic amines) is 1. The number of benzene rings is 2. The lowest BCUT2D eigenvalue weighted by Gasteiger charge is -2.21. The summed E-state index contributed by atoms with van der Waals surface area (Å²) in [7, 11) is 3.36. The van der Waals surface area contributed by atoms with Gasteiger partial charge in [0.25, 0.3) is 5.91 Å². The number of amides is 1. The fourth-order valence-corrected chi connectivity index (χ4v) is 3.85. The van der Waals surface area contributed by atoms with Crippen LogP contribution in [-0.2, 0) is 6.54 Å². The molecule has 0 saturated carbocycles. The van der Waals surface area contributed by atoms with Gasteiger partial charge in [-0.2, -0.15) is 0 Å². The number of nitrogens with zero attached hydrogens (tertiary/aromatic N) is 2. The third kappa shape index (κ3) is 7.67. The first-order valence-electron chi connectivity index (χ1n) is 10.8. The molecule has 3 rings (SSSR count). The van der Waals surface area contributed by atoms with Gasteiger partial charge in [0.05, 0.1) is 7.11 Å². The van der Waals surface area contributed by atoms with Crippen molar-refractivity contribution < 1.29 is 9.53 Å².